The Morgan fingerprint density at radius 1 is 1.42 bits per heavy atom. The Morgan fingerprint density at radius 3 is 2.71 bits per heavy atom. The van der Waals surface area contributed by atoms with E-state index in [-0.39, 0.29) is 24.8 Å². The molecule has 1 aliphatic rings. The Morgan fingerprint density at radius 2 is 2.12 bits per heavy atom. The Labute approximate surface area is 141 Å². The van der Waals surface area contributed by atoms with Crippen molar-refractivity contribution in [2.45, 2.75) is 40.3 Å². The molecule has 7 heteroatoms. The molecule has 1 aromatic rings. The molecule has 1 aromatic heterocycles. The number of nitrogens with one attached hydrogen (secondary N) is 1. The Balaban J connectivity index is 2.14. The first kappa shape index (κ1) is 17.9. The summed E-state index contributed by atoms with van der Waals surface area (Å²) in [5.74, 6) is -0.682. The number of pyridine rings is 1. The third-order valence-corrected chi connectivity index (χ3v) is 3.86. The SMILES string of the molecule is CCN1Cc2nc(OC)c(CNC(=O)C(=O)CC(C)C)cc2C1=O. The Bertz CT molecular complexity index is 670. The van der Waals surface area contributed by atoms with Crippen LogP contribution >= 0.6 is 0 Å². The van der Waals surface area contributed by atoms with E-state index in [2.05, 4.69) is 10.3 Å². The molecule has 2 amide bonds. The van der Waals surface area contributed by atoms with E-state index in [1.165, 1.54) is 7.11 Å². The van der Waals surface area contributed by atoms with Crippen molar-refractivity contribution in [3.63, 3.8) is 0 Å². The van der Waals surface area contributed by atoms with Gasteiger partial charge in [0.15, 0.2) is 0 Å². The second-order valence-electron chi connectivity index (χ2n) is 6.17. The molecule has 0 fully saturated rings. The summed E-state index contributed by atoms with van der Waals surface area (Å²) in [6.07, 6.45) is 0.204. The number of ether oxygens (including phenoxy) is 1. The van der Waals surface area contributed by atoms with Crippen LogP contribution in [-0.2, 0) is 22.7 Å². The number of rotatable bonds is 7. The number of ketones is 1. The van der Waals surface area contributed by atoms with Crippen LogP contribution in [0.5, 0.6) is 5.88 Å². The molecular weight excluding hydrogens is 310 g/mol. The molecular formula is C17H23N3O4. The van der Waals surface area contributed by atoms with Crippen molar-refractivity contribution >= 4 is 17.6 Å². The highest BCUT2D eigenvalue weighted by Gasteiger charge is 2.29. The lowest BCUT2D eigenvalue weighted by Crippen LogP contribution is -2.31. The molecule has 0 bridgehead atoms. The van der Waals surface area contributed by atoms with Crippen molar-refractivity contribution in [2.75, 3.05) is 13.7 Å². The number of aromatic nitrogens is 1. The van der Waals surface area contributed by atoms with Gasteiger partial charge < -0.3 is 15.0 Å². The van der Waals surface area contributed by atoms with E-state index < -0.39 is 11.7 Å². The average Bonchev–Trinajstić information content (AvgIpc) is 2.86. The number of nitrogens with zero attached hydrogens (tertiary/aromatic N) is 2. The van der Waals surface area contributed by atoms with E-state index in [1.807, 2.05) is 20.8 Å². The van der Waals surface area contributed by atoms with Crippen molar-refractivity contribution in [3.8, 4) is 5.88 Å². The van der Waals surface area contributed by atoms with Gasteiger partial charge in [-0.1, -0.05) is 13.8 Å². The number of fused-ring (bicyclic) bond motifs is 1. The summed E-state index contributed by atoms with van der Waals surface area (Å²) in [4.78, 5) is 41.9. The van der Waals surface area contributed by atoms with Crippen LogP contribution in [0.1, 0.15) is 48.8 Å². The molecule has 0 unspecified atom stereocenters. The van der Waals surface area contributed by atoms with E-state index in [0.717, 1.165) is 0 Å². The van der Waals surface area contributed by atoms with Crippen LogP contribution in [0.3, 0.4) is 0 Å². The number of methoxy groups -OCH3 is 1. The van der Waals surface area contributed by atoms with Crippen LogP contribution in [0.4, 0.5) is 0 Å². The predicted octanol–water partition coefficient (Wildman–Crippen LogP) is 1.30. The van der Waals surface area contributed by atoms with Crippen molar-refractivity contribution in [1.82, 2.24) is 15.2 Å². The zero-order valence-corrected chi connectivity index (χ0v) is 14.5. The highest BCUT2D eigenvalue weighted by Crippen LogP contribution is 2.26. The lowest BCUT2D eigenvalue weighted by molar-refractivity contribution is -0.138. The van der Waals surface area contributed by atoms with Crippen LogP contribution in [0.25, 0.3) is 0 Å². The van der Waals surface area contributed by atoms with Crippen LogP contribution < -0.4 is 10.1 Å². The quantitative estimate of drug-likeness (QED) is 0.760. The molecule has 7 nitrogen and oxygen atoms in total. The minimum Gasteiger partial charge on any atom is -0.481 e. The van der Waals surface area contributed by atoms with Gasteiger partial charge in [-0.05, 0) is 18.9 Å². The molecule has 24 heavy (non-hydrogen) atoms. The Hall–Kier alpha value is -2.44. The number of hydrogen-bond acceptors (Lipinski definition) is 5. The van der Waals surface area contributed by atoms with Crippen LogP contribution in [-0.4, -0.2) is 41.1 Å². The molecule has 0 atom stereocenters. The van der Waals surface area contributed by atoms with E-state index >= 15 is 0 Å². The van der Waals surface area contributed by atoms with Crippen LogP contribution in [0, 0.1) is 5.92 Å². The van der Waals surface area contributed by atoms with Crippen LogP contribution in [0.2, 0.25) is 0 Å². The van der Waals surface area contributed by atoms with E-state index in [4.69, 9.17) is 4.74 Å². The number of Topliss-reactive ketones (excluding diaryl/α,β-unsaturated/α-hetero) is 1. The summed E-state index contributed by atoms with van der Waals surface area (Å²) in [5, 5.41) is 2.58. The van der Waals surface area contributed by atoms with E-state index in [1.54, 1.807) is 11.0 Å². The fourth-order valence-corrected chi connectivity index (χ4v) is 2.60. The molecule has 0 aromatic carbocycles. The molecule has 1 aliphatic heterocycles. The van der Waals surface area contributed by atoms with Gasteiger partial charge in [0.2, 0.25) is 11.7 Å². The molecule has 2 rings (SSSR count). The summed E-state index contributed by atoms with van der Waals surface area (Å²) >= 11 is 0. The summed E-state index contributed by atoms with van der Waals surface area (Å²) in [6, 6.07) is 1.69. The molecule has 0 saturated heterocycles. The van der Waals surface area contributed by atoms with Gasteiger partial charge in [-0.3, -0.25) is 14.4 Å². The number of hydrogen-bond donors (Lipinski definition) is 1. The summed E-state index contributed by atoms with van der Waals surface area (Å²) < 4.78 is 5.25. The fourth-order valence-electron chi connectivity index (χ4n) is 2.60. The molecule has 130 valence electrons. The van der Waals surface area contributed by atoms with Gasteiger partial charge in [-0.15, -0.1) is 0 Å². The lowest BCUT2D eigenvalue weighted by Gasteiger charge is -2.10. The van der Waals surface area contributed by atoms with Gasteiger partial charge in [-0.2, -0.15) is 0 Å². The summed E-state index contributed by atoms with van der Waals surface area (Å²) in [6.45, 7) is 6.81. The molecule has 1 N–H and O–H groups in total. The standard InChI is InChI=1S/C17H23N3O4/c1-5-20-9-13-12(17(20)23)7-11(16(19-13)24-4)8-18-15(22)14(21)6-10(2)3/h7,10H,5-6,8-9H2,1-4H3,(H,18,22). The highest BCUT2D eigenvalue weighted by molar-refractivity contribution is 6.36. The fraction of sp³-hybridized carbons (Fsp3) is 0.529. The zero-order valence-electron chi connectivity index (χ0n) is 14.5. The smallest absolute Gasteiger partial charge is 0.287 e. The molecule has 0 spiro atoms. The normalized spacial score (nSPS) is 13.2. The van der Waals surface area contributed by atoms with Gasteiger partial charge >= 0.3 is 0 Å². The summed E-state index contributed by atoms with van der Waals surface area (Å²) in [5.41, 5.74) is 1.77. The van der Waals surface area contributed by atoms with Gasteiger partial charge in [-0.25, -0.2) is 4.98 Å². The monoisotopic (exact) mass is 333 g/mol. The summed E-state index contributed by atoms with van der Waals surface area (Å²) in [7, 11) is 1.48. The first-order chi connectivity index (χ1) is 11.4. The van der Waals surface area contributed by atoms with Gasteiger partial charge in [0.1, 0.15) is 0 Å². The molecule has 0 aliphatic carbocycles. The minimum absolute atomic E-state index is 0.0777. The second-order valence-corrected chi connectivity index (χ2v) is 6.17. The number of carbonyl (C=O) groups is 3. The number of carbonyl (C=O) groups excluding carboxylic acids is 3. The third-order valence-electron chi connectivity index (χ3n) is 3.86. The van der Waals surface area contributed by atoms with Crippen molar-refractivity contribution in [2.24, 2.45) is 5.92 Å². The van der Waals surface area contributed by atoms with Crippen molar-refractivity contribution in [3.05, 3.63) is 22.9 Å². The Kier molecular flexibility index (Phi) is 5.54. The van der Waals surface area contributed by atoms with Gasteiger partial charge in [0.05, 0.1) is 24.9 Å². The average molecular weight is 333 g/mol. The largest absolute Gasteiger partial charge is 0.481 e. The minimum atomic E-state index is -0.632. The number of amides is 2. The lowest BCUT2D eigenvalue weighted by atomic mass is 10.1. The second kappa shape index (κ2) is 7.42. The highest BCUT2D eigenvalue weighted by atomic mass is 16.5. The maximum absolute atomic E-state index is 12.3. The third kappa shape index (κ3) is 3.72. The van der Waals surface area contributed by atoms with Gasteiger partial charge in [0, 0.05) is 25.1 Å². The molecule has 0 saturated carbocycles. The maximum atomic E-state index is 12.3. The maximum Gasteiger partial charge on any atom is 0.287 e. The molecule has 2 heterocycles. The van der Waals surface area contributed by atoms with E-state index in [9.17, 15) is 14.4 Å². The zero-order chi connectivity index (χ0) is 17.9. The van der Waals surface area contributed by atoms with Crippen molar-refractivity contribution in [1.29, 1.82) is 0 Å². The van der Waals surface area contributed by atoms with E-state index in [0.29, 0.717) is 35.8 Å². The van der Waals surface area contributed by atoms with Crippen molar-refractivity contribution < 1.29 is 19.1 Å². The predicted molar refractivity (Wildman–Crippen MR) is 87.5 cm³/mol. The topological polar surface area (TPSA) is 88.6 Å². The first-order valence-corrected chi connectivity index (χ1v) is 8.04. The molecule has 0 radical (unpaired) electrons. The van der Waals surface area contributed by atoms with Crippen LogP contribution in [0.15, 0.2) is 6.07 Å². The first-order valence-electron chi connectivity index (χ1n) is 8.04. The van der Waals surface area contributed by atoms with Gasteiger partial charge in [0.25, 0.3) is 11.8 Å².